The second-order valence-corrected chi connectivity index (χ2v) is 5.17. The standard InChI is InChI=1S/C16H15BrO2.ClH/c17-12-11-16(15(18)19,13-7-3-1-4-8-13)14-9-5-2-6-10-14;/h1-10H,11-12H2,(H,18,19);1H. The molecule has 0 radical (unpaired) electrons. The lowest BCUT2D eigenvalue weighted by atomic mass is 9.72. The van der Waals surface area contributed by atoms with Crippen LogP contribution in [-0.4, -0.2) is 16.4 Å². The Morgan fingerprint density at radius 3 is 1.65 bits per heavy atom. The largest absolute Gasteiger partial charge is 0.480 e. The van der Waals surface area contributed by atoms with Gasteiger partial charge >= 0.3 is 5.97 Å². The first-order valence-corrected chi connectivity index (χ1v) is 7.24. The Morgan fingerprint density at radius 1 is 0.950 bits per heavy atom. The highest BCUT2D eigenvalue weighted by Gasteiger charge is 2.41. The second kappa shape index (κ2) is 7.46. The minimum Gasteiger partial charge on any atom is -0.480 e. The van der Waals surface area contributed by atoms with Crippen molar-refractivity contribution in [3.05, 3.63) is 71.8 Å². The molecular formula is C16H16BrClO2. The molecule has 0 fully saturated rings. The quantitative estimate of drug-likeness (QED) is 0.814. The van der Waals surface area contributed by atoms with E-state index in [1.54, 1.807) is 0 Å². The number of aliphatic carboxylic acids is 1. The molecule has 2 nitrogen and oxygen atoms in total. The van der Waals surface area contributed by atoms with E-state index in [1.165, 1.54) is 0 Å². The summed E-state index contributed by atoms with van der Waals surface area (Å²) in [6.07, 6.45) is 0.510. The van der Waals surface area contributed by atoms with E-state index in [2.05, 4.69) is 15.9 Å². The van der Waals surface area contributed by atoms with Crippen LogP contribution in [-0.2, 0) is 10.2 Å². The van der Waals surface area contributed by atoms with Crippen molar-refractivity contribution in [2.24, 2.45) is 0 Å². The molecule has 0 aliphatic carbocycles. The molecule has 4 heteroatoms. The molecule has 0 aromatic heterocycles. The minimum atomic E-state index is -0.994. The minimum absolute atomic E-state index is 0. The summed E-state index contributed by atoms with van der Waals surface area (Å²) in [7, 11) is 0. The Labute approximate surface area is 133 Å². The smallest absolute Gasteiger partial charge is 0.318 e. The lowest BCUT2D eigenvalue weighted by Gasteiger charge is -2.30. The molecule has 0 aliphatic heterocycles. The third-order valence-electron chi connectivity index (χ3n) is 3.37. The van der Waals surface area contributed by atoms with Gasteiger partial charge in [-0.3, -0.25) is 4.79 Å². The molecule has 0 atom stereocenters. The topological polar surface area (TPSA) is 37.3 Å². The molecule has 1 N–H and O–H groups in total. The Kier molecular flexibility index (Phi) is 6.24. The van der Waals surface area contributed by atoms with Crippen LogP contribution in [0.4, 0.5) is 0 Å². The van der Waals surface area contributed by atoms with Gasteiger partial charge in [0.2, 0.25) is 0 Å². The molecule has 0 bridgehead atoms. The Morgan fingerprint density at radius 2 is 1.35 bits per heavy atom. The van der Waals surface area contributed by atoms with Crippen LogP contribution in [0.15, 0.2) is 60.7 Å². The van der Waals surface area contributed by atoms with E-state index in [0.717, 1.165) is 11.1 Å². The van der Waals surface area contributed by atoms with Gasteiger partial charge in [-0.2, -0.15) is 0 Å². The number of halogens is 2. The number of hydrogen-bond donors (Lipinski definition) is 1. The zero-order chi connectivity index (χ0) is 13.7. The molecular weight excluding hydrogens is 340 g/mol. The molecule has 0 unspecified atom stereocenters. The Hall–Kier alpha value is -1.32. The predicted molar refractivity (Wildman–Crippen MR) is 87.0 cm³/mol. The monoisotopic (exact) mass is 354 g/mol. The van der Waals surface area contributed by atoms with Crippen LogP contribution < -0.4 is 0 Å². The van der Waals surface area contributed by atoms with Gasteiger partial charge in [0.05, 0.1) is 0 Å². The van der Waals surface area contributed by atoms with Gasteiger partial charge in [-0.05, 0) is 17.5 Å². The van der Waals surface area contributed by atoms with Gasteiger partial charge in [-0.15, -0.1) is 12.4 Å². The van der Waals surface area contributed by atoms with E-state index in [0.29, 0.717) is 11.8 Å². The average Bonchev–Trinajstić information content (AvgIpc) is 2.46. The van der Waals surface area contributed by atoms with Gasteiger partial charge in [0.1, 0.15) is 5.41 Å². The maximum atomic E-state index is 12.0. The highest BCUT2D eigenvalue weighted by molar-refractivity contribution is 9.09. The lowest BCUT2D eigenvalue weighted by molar-refractivity contribution is -0.142. The summed E-state index contributed by atoms with van der Waals surface area (Å²) in [5.41, 5.74) is 0.632. The number of carboxylic acid groups (broad SMARTS) is 1. The van der Waals surface area contributed by atoms with Crippen LogP contribution >= 0.6 is 28.3 Å². The molecule has 0 heterocycles. The first-order valence-electron chi connectivity index (χ1n) is 6.12. The zero-order valence-electron chi connectivity index (χ0n) is 10.8. The number of rotatable bonds is 5. The van der Waals surface area contributed by atoms with Crippen molar-refractivity contribution >= 4 is 34.3 Å². The zero-order valence-corrected chi connectivity index (χ0v) is 13.2. The van der Waals surface area contributed by atoms with Crippen molar-refractivity contribution in [1.82, 2.24) is 0 Å². The lowest BCUT2D eigenvalue weighted by Crippen LogP contribution is -2.37. The maximum Gasteiger partial charge on any atom is 0.318 e. The van der Waals surface area contributed by atoms with Crippen LogP contribution in [0.2, 0.25) is 0 Å². The van der Waals surface area contributed by atoms with Gasteiger partial charge in [-0.25, -0.2) is 0 Å². The predicted octanol–water partition coefficient (Wildman–Crippen LogP) is 4.26. The summed E-state index contributed by atoms with van der Waals surface area (Å²) in [5, 5.41) is 10.5. The van der Waals surface area contributed by atoms with Crippen LogP contribution in [0.3, 0.4) is 0 Å². The fourth-order valence-electron chi connectivity index (χ4n) is 2.40. The summed E-state index contributed by atoms with van der Waals surface area (Å²) in [5.74, 6) is -0.815. The van der Waals surface area contributed by atoms with Crippen molar-refractivity contribution in [3.8, 4) is 0 Å². The third kappa shape index (κ3) is 3.05. The molecule has 0 spiro atoms. The van der Waals surface area contributed by atoms with Gasteiger partial charge in [0, 0.05) is 5.33 Å². The van der Waals surface area contributed by atoms with Crippen molar-refractivity contribution in [2.75, 3.05) is 5.33 Å². The fourth-order valence-corrected chi connectivity index (χ4v) is 2.99. The van der Waals surface area contributed by atoms with Gasteiger partial charge in [0.15, 0.2) is 0 Å². The van der Waals surface area contributed by atoms with Crippen molar-refractivity contribution in [1.29, 1.82) is 0 Å². The molecule has 20 heavy (non-hydrogen) atoms. The number of alkyl halides is 1. The van der Waals surface area contributed by atoms with Gasteiger partial charge in [-0.1, -0.05) is 76.6 Å². The Bertz CT molecular complexity index is 503. The molecule has 106 valence electrons. The van der Waals surface area contributed by atoms with Crippen molar-refractivity contribution < 1.29 is 9.90 Å². The third-order valence-corrected chi connectivity index (χ3v) is 3.76. The van der Waals surface area contributed by atoms with E-state index >= 15 is 0 Å². The molecule has 0 aliphatic rings. The van der Waals surface area contributed by atoms with Gasteiger partial charge < -0.3 is 5.11 Å². The normalized spacial score (nSPS) is 10.7. The summed E-state index contributed by atoms with van der Waals surface area (Å²) < 4.78 is 0. The van der Waals surface area contributed by atoms with E-state index in [9.17, 15) is 9.90 Å². The number of carbonyl (C=O) groups is 1. The van der Waals surface area contributed by atoms with Gasteiger partial charge in [0.25, 0.3) is 0 Å². The van der Waals surface area contributed by atoms with E-state index < -0.39 is 11.4 Å². The number of carboxylic acids is 1. The maximum absolute atomic E-state index is 12.0. The van der Waals surface area contributed by atoms with Crippen LogP contribution in [0, 0.1) is 0 Å². The first kappa shape index (κ1) is 16.7. The summed E-state index contributed by atoms with van der Waals surface area (Å²) in [4.78, 5) is 12.0. The molecule has 2 rings (SSSR count). The first-order chi connectivity index (χ1) is 9.21. The summed E-state index contributed by atoms with van der Waals surface area (Å²) in [6.45, 7) is 0. The number of benzene rings is 2. The van der Waals surface area contributed by atoms with E-state index in [-0.39, 0.29) is 12.4 Å². The van der Waals surface area contributed by atoms with E-state index in [1.807, 2.05) is 60.7 Å². The summed E-state index contributed by atoms with van der Waals surface area (Å²) >= 11 is 3.38. The van der Waals surface area contributed by atoms with Crippen LogP contribution in [0.25, 0.3) is 0 Å². The highest BCUT2D eigenvalue weighted by Crippen LogP contribution is 2.36. The molecule has 2 aromatic rings. The molecule has 0 saturated carbocycles. The van der Waals surface area contributed by atoms with Crippen molar-refractivity contribution in [2.45, 2.75) is 11.8 Å². The molecule has 0 amide bonds. The highest BCUT2D eigenvalue weighted by atomic mass is 79.9. The van der Waals surface area contributed by atoms with Crippen molar-refractivity contribution in [3.63, 3.8) is 0 Å². The van der Waals surface area contributed by atoms with Crippen LogP contribution in [0.5, 0.6) is 0 Å². The molecule has 0 saturated heterocycles. The molecule has 2 aromatic carbocycles. The van der Waals surface area contributed by atoms with Crippen LogP contribution in [0.1, 0.15) is 17.5 Å². The SMILES string of the molecule is Cl.O=C(O)C(CCBr)(c1ccccc1)c1ccccc1. The van der Waals surface area contributed by atoms with E-state index in [4.69, 9.17) is 0 Å². The number of hydrogen-bond acceptors (Lipinski definition) is 1. The average molecular weight is 356 g/mol. The second-order valence-electron chi connectivity index (χ2n) is 4.38. The fraction of sp³-hybridized carbons (Fsp3) is 0.188. The summed E-state index contributed by atoms with van der Waals surface area (Å²) in [6, 6.07) is 18.8. The Balaban J connectivity index is 0.00000200.